The summed E-state index contributed by atoms with van der Waals surface area (Å²) in [5, 5.41) is 8.22. The minimum absolute atomic E-state index is 0.0394. The number of carbonyl (C=O) groups excluding carboxylic acids is 1. The number of rotatable bonds is 16. The Hall–Kier alpha value is -2.89. The number of amides is 1. The van der Waals surface area contributed by atoms with E-state index in [4.69, 9.17) is 9.47 Å². The fourth-order valence-corrected chi connectivity index (χ4v) is 6.71. The Labute approximate surface area is 262 Å². The monoisotopic (exact) mass is 613 g/mol. The van der Waals surface area contributed by atoms with Crippen LogP contribution in [0.4, 0.5) is 10.2 Å². The Morgan fingerprint density at radius 2 is 1.91 bits per heavy atom. The van der Waals surface area contributed by atoms with E-state index in [1.807, 2.05) is 27.7 Å². The van der Waals surface area contributed by atoms with Crippen molar-refractivity contribution in [2.75, 3.05) is 71.0 Å². The normalized spacial score (nSPS) is 17.1. The highest BCUT2D eigenvalue weighted by molar-refractivity contribution is 5.97. The summed E-state index contributed by atoms with van der Waals surface area (Å²) in [4.78, 5) is 26.8. The van der Waals surface area contributed by atoms with Gasteiger partial charge in [-0.1, -0.05) is 13.8 Å². The summed E-state index contributed by atoms with van der Waals surface area (Å²) in [6.45, 7) is 20.4. The van der Waals surface area contributed by atoms with Gasteiger partial charge in [-0.2, -0.15) is 0 Å². The number of aromatic nitrogens is 3. The van der Waals surface area contributed by atoms with E-state index in [9.17, 15) is 9.18 Å². The van der Waals surface area contributed by atoms with E-state index in [-0.39, 0.29) is 34.6 Å². The van der Waals surface area contributed by atoms with Crippen molar-refractivity contribution < 1.29 is 18.7 Å². The average molecular weight is 614 g/mol. The van der Waals surface area contributed by atoms with Gasteiger partial charge in [0.25, 0.3) is 11.8 Å². The van der Waals surface area contributed by atoms with Gasteiger partial charge < -0.3 is 24.2 Å². The lowest BCUT2D eigenvalue weighted by molar-refractivity contribution is -0.0345. The fourth-order valence-electron chi connectivity index (χ4n) is 6.71. The molecule has 0 saturated carbocycles. The molecule has 0 radical (unpaired) electrons. The molecule has 1 spiro atoms. The summed E-state index contributed by atoms with van der Waals surface area (Å²) in [5.41, 5.74) is 0.365. The van der Waals surface area contributed by atoms with Gasteiger partial charge >= 0.3 is 0 Å². The third-order valence-electron chi connectivity index (χ3n) is 9.09. The second-order valence-electron chi connectivity index (χ2n) is 13.0. The maximum absolute atomic E-state index is 14.3. The van der Waals surface area contributed by atoms with Crippen molar-refractivity contribution in [2.45, 2.75) is 72.9 Å². The van der Waals surface area contributed by atoms with Crippen molar-refractivity contribution in [2.24, 2.45) is 11.3 Å². The Morgan fingerprint density at radius 1 is 1.14 bits per heavy atom. The predicted molar refractivity (Wildman–Crippen MR) is 171 cm³/mol. The van der Waals surface area contributed by atoms with Gasteiger partial charge in [0.15, 0.2) is 5.82 Å². The molecule has 2 aliphatic heterocycles. The molecule has 2 saturated heterocycles. The average Bonchev–Trinajstić information content (AvgIpc) is 3.42. The molecule has 10 nitrogen and oxygen atoms in total. The van der Waals surface area contributed by atoms with Gasteiger partial charge in [0.1, 0.15) is 17.9 Å². The highest BCUT2D eigenvalue weighted by Crippen LogP contribution is 2.44. The molecule has 3 heterocycles. The standard InChI is InChI=1S/C33H52FN7O3/c1-8-41(25(5)6)32(42)27-19-26(34)12-13-29(27)44-31-30(35-23-36-37-31)39-16-14-33(20-39)21-40(22-33)28(24(3)4)11-10-15-38(7)17-18-43-9-2/h12-13,19,23-25,28H,8-11,14-18,20-22H2,1-7H3. The Morgan fingerprint density at radius 3 is 2.59 bits per heavy atom. The highest BCUT2D eigenvalue weighted by Gasteiger charge is 2.50. The maximum Gasteiger partial charge on any atom is 0.282 e. The first-order valence-electron chi connectivity index (χ1n) is 16.3. The molecule has 2 aromatic rings. The summed E-state index contributed by atoms with van der Waals surface area (Å²) in [7, 11) is 2.18. The van der Waals surface area contributed by atoms with Crippen LogP contribution in [-0.2, 0) is 4.74 Å². The molecule has 4 rings (SSSR count). The van der Waals surface area contributed by atoms with Gasteiger partial charge in [-0.25, -0.2) is 9.37 Å². The Bertz CT molecular complexity index is 1220. The molecule has 2 aliphatic rings. The van der Waals surface area contributed by atoms with Crippen LogP contribution in [-0.4, -0.2) is 114 Å². The SMILES string of the molecule is CCOCCN(C)CCCC(C(C)C)N1CC2(CCN(c3ncnnc3Oc3ccc(F)cc3C(=O)N(CC)C(C)C)C2)C1. The second kappa shape index (κ2) is 15.4. The van der Waals surface area contributed by atoms with Crippen LogP contribution in [0.5, 0.6) is 11.6 Å². The molecule has 1 atom stereocenters. The number of halogens is 1. The zero-order chi connectivity index (χ0) is 31.9. The number of ether oxygens (including phenoxy) is 2. The van der Waals surface area contributed by atoms with Crippen molar-refractivity contribution in [3.63, 3.8) is 0 Å². The number of anilines is 1. The fraction of sp³-hybridized carbons (Fsp3) is 0.697. The lowest BCUT2D eigenvalue weighted by atomic mass is 9.76. The van der Waals surface area contributed by atoms with Crippen molar-refractivity contribution in [1.29, 1.82) is 0 Å². The molecule has 0 bridgehead atoms. The number of likely N-dealkylation sites (N-methyl/N-ethyl adjacent to an activating group) is 1. The Kier molecular flexibility index (Phi) is 11.9. The largest absolute Gasteiger partial charge is 0.434 e. The summed E-state index contributed by atoms with van der Waals surface area (Å²) < 4.78 is 26.0. The first-order chi connectivity index (χ1) is 21.1. The van der Waals surface area contributed by atoms with E-state index >= 15 is 0 Å². The number of carbonyl (C=O) groups is 1. The van der Waals surface area contributed by atoms with Gasteiger partial charge in [0, 0.05) is 63.4 Å². The van der Waals surface area contributed by atoms with Crippen LogP contribution in [0.15, 0.2) is 24.5 Å². The summed E-state index contributed by atoms with van der Waals surface area (Å²) in [5.74, 6) is 0.874. The highest BCUT2D eigenvalue weighted by atomic mass is 19.1. The molecule has 2 fully saturated rings. The summed E-state index contributed by atoms with van der Waals surface area (Å²) in [6.07, 6.45) is 4.86. The van der Waals surface area contributed by atoms with E-state index in [1.165, 1.54) is 37.4 Å². The molecule has 244 valence electrons. The molecular weight excluding hydrogens is 561 g/mol. The van der Waals surface area contributed by atoms with Crippen molar-refractivity contribution in [3.05, 3.63) is 35.9 Å². The minimum atomic E-state index is -0.498. The van der Waals surface area contributed by atoms with Crippen LogP contribution in [0.1, 0.15) is 71.2 Å². The van der Waals surface area contributed by atoms with Gasteiger partial charge in [-0.15, -0.1) is 10.2 Å². The first-order valence-corrected chi connectivity index (χ1v) is 16.3. The summed E-state index contributed by atoms with van der Waals surface area (Å²) >= 11 is 0. The number of hydrogen-bond donors (Lipinski definition) is 0. The van der Waals surface area contributed by atoms with Crippen molar-refractivity contribution >= 4 is 11.7 Å². The van der Waals surface area contributed by atoms with E-state index < -0.39 is 5.82 Å². The molecule has 1 unspecified atom stereocenters. The zero-order valence-electron chi connectivity index (χ0n) is 27.8. The quantitative estimate of drug-likeness (QED) is 0.244. The molecule has 1 aromatic carbocycles. The number of nitrogens with zero attached hydrogens (tertiary/aromatic N) is 7. The molecule has 1 amide bonds. The molecule has 0 aliphatic carbocycles. The van der Waals surface area contributed by atoms with Crippen LogP contribution in [0.3, 0.4) is 0 Å². The molecular formula is C33H52FN7O3. The van der Waals surface area contributed by atoms with Gasteiger partial charge in [-0.05, 0) is 84.7 Å². The molecule has 1 aromatic heterocycles. The van der Waals surface area contributed by atoms with Gasteiger partial charge in [0.2, 0.25) is 0 Å². The second-order valence-corrected chi connectivity index (χ2v) is 13.0. The van der Waals surface area contributed by atoms with Crippen LogP contribution in [0.2, 0.25) is 0 Å². The van der Waals surface area contributed by atoms with Crippen LogP contribution < -0.4 is 9.64 Å². The van der Waals surface area contributed by atoms with E-state index in [1.54, 1.807) is 4.90 Å². The first kappa shape index (κ1) is 34.0. The van der Waals surface area contributed by atoms with E-state index in [0.29, 0.717) is 24.3 Å². The topological polar surface area (TPSA) is 87.2 Å². The maximum atomic E-state index is 14.3. The lowest BCUT2D eigenvalue weighted by Crippen LogP contribution is -2.62. The molecule has 0 N–H and O–H groups in total. The van der Waals surface area contributed by atoms with Crippen LogP contribution in [0, 0.1) is 17.2 Å². The van der Waals surface area contributed by atoms with E-state index in [0.717, 1.165) is 58.9 Å². The number of likely N-dealkylation sites (tertiary alicyclic amines) is 1. The third-order valence-corrected chi connectivity index (χ3v) is 9.09. The van der Waals surface area contributed by atoms with E-state index in [2.05, 4.69) is 50.8 Å². The van der Waals surface area contributed by atoms with Crippen LogP contribution >= 0.6 is 0 Å². The minimum Gasteiger partial charge on any atom is -0.434 e. The third kappa shape index (κ3) is 8.22. The van der Waals surface area contributed by atoms with Gasteiger partial charge in [0.05, 0.1) is 12.2 Å². The smallest absolute Gasteiger partial charge is 0.282 e. The molecule has 44 heavy (non-hydrogen) atoms. The summed E-state index contributed by atoms with van der Waals surface area (Å²) in [6, 6.07) is 4.52. The Balaban J connectivity index is 1.39. The lowest BCUT2D eigenvalue weighted by Gasteiger charge is -2.53. The molecule has 11 heteroatoms. The zero-order valence-corrected chi connectivity index (χ0v) is 27.8. The van der Waals surface area contributed by atoms with Gasteiger partial charge in [-0.3, -0.25) is 9.69 Å². The number of hydrogen-bond acceptors (Lipinski definition) is 9. The predicted octanol–water partition coefficient (Wildman–Crippen LogP) is 4.96. The number of benzene rings is 1. The van der Waals surface area contributed by atoms with Crippen LogP contribution in [0.25, 0.3) is 0 Å². The van der Waals surface area contributed by atoms with Crippen molar-refractivity contribution in [3.8, 4) is 11.6 Å². The van der Waals surface area contributed by atoms with Crippen molar-refractivity contribution in [1.82, 2.24) is 29.9 Å².